The van der Waals surface area contributed by atoms with E-state index in [0.29, 0.717) is 18.6 Å². The molecule has 2 rings (SSSR count). The van der Waals surface area contributed by atoms with Crippen molar-refractivity contribution in [1.29, 1.82) is 0 Å². The zero-order valence-corrected chi connectivity index (χ0v) is 10.6. The molecule has 1 aliphatic rings. The SMILES string of the molecule is Cc1ccccc1C1(C)CC(=O)CCN1.Cl. The molecule has 1 N–H and O–H groups in total. The number of Topliss-reactive ketones (excluding diaryl/α,β-unsaturated/α-hetero) is 1. The van der Waals surface area contributed by atoms with Crippen molar-refractivity contribution in [3.8, 4) is 0 Å². The molecule has 1 atom stereocenters. The van der Waals surface area contributed by atoms with Crippen molar-refractivity contribution in [2.45, 2.75) is 32.2 Å². The van der Waals surface area contributed by atoms with Crippen LogP contribution in [-0.4, -0.2) is 12.3 Å². The van der Waals surface area contributed by atoms with Crippen molar-refractivity contribution < 1.29 is 4.79 Å². The van der Waals surface area contributed by atoms with Crippen molar-refractivity contribution in [3.05, 3.63) is 35.4 Å². The topological polar surface area (TPSA) is 29.1 Å². The average Bonchev–Trinajstić information content (AvgIpc) is 2.17. The molecular weight excluding hydrogens is 222 g/mol. The summed E-state index contributed by atoms with van der Waals surface area (Å²) in [6.45, 7) is 5.01. The number of ketones is 1. The van der Waals surface area contributed by atoms with Crippen LogP contribution in [0, 0.1) is 6.92 Å². The first-order valence-corrected chi connectivity index (χ1v) is 5.45. The van der Waals surface area contributed by atoms with E-state index in [1.54, 1.807) is 0 Å². The first-order chi connectivity index (χ1) is 7.12. The molecule has 1 aliphatic heterocycles. The maximum atomic E-state index is 11.5. The molecule has 0 radical (unpaired) electrons. The lowest BCUT2D eigenvalue weighted by Crippen LogP contribution is -2.46. The molecule has 3 heteroatoms. The lowest BCUT2D eigenvalue weighted by molar-refractivity contribution is -0.122. The number of halogens is 1. The summed E-state index contributed by atoms with van der Waals surface area (Å²) in [5.74, 6) is 0.361. The van der Waals surface area contributed by atoms with Gasteiger partial charge in [-0.15, -0.1) is 12.4 Å². The van der Waals surface area contributed by atoms with Gasteiger partial charge in [0.25, 0.3) is 0 Å². The number of aryl methyl sites for hydroxylation is 1. The van der Waals surface area contributed by atoms with Crippen LogP contribution >= 0.6 is 12.4 Å². The minimum atomic E-state index is -0.166. The smallest absolute Gasteiger partial charge is 0.136 e. The molecule has 0 aromatic heterocycles. The van der Waals surface area contributed by atoms with Gasteiger partial charge in [-0.25, -0.2) is 0 Å². The molecular formula is C13H18ClNO. The number of nitrogens with one attached hydrogen (secondary N) is 1. The summed E-state index contributed by atoms with van der Waals surface area (Å²) in [7, 11) is 0. The van der Waals surface area contributed by atoms with Gasteiger partial charge in [0.2, 0.25) is 0 Å². The molecule has 1 saturated heterocycles. The highest BCUT2D eigenvalue weighted by atomic mass is 35.5. The van der Waals surface area contributed by atoms with Gasteiger partial charge in [0, 0.05) is 24.9 Å². The third kappa shape index (κ3) is 2.45. The van der Waals surface area contributed by atoms with E-state index in [2.05, 4.69) is 31.3 Å². The fraction of sp³-hybridized carbons (Fsp3) is 0.462. The Morgan fingerprint density at radius 2 is 2.00 bits per heavy atom. The van der Waals surface area contributed by atoms with Gasteiger partial charge in [-0.1, -0.05) is 24.3 Å². The number of carbonyl (C=O) groups excluding carboxylic acids is 1. The Labute approximate surface area is 103 Å². The Morgan fingerprint density at radius 1 is 1.31 bits per heavy atom. The minimum absolute atomic E-state index is 0. The summed E-state index contributed by atoms with van der Waals surface area (Å²) in [6.07, 6.45) is 1.28. The minimum Gasteiger partial charge on any atom is -0.307 e. The highest BCUT2D eigenvalue weighted by molar-refractivity contribution is 5.85. The zero-order chi connectivity index (χ0) is 10.9. The Bertz CT molecular complexity index is 391. The molecule has 2 nitrogen and oxygen atoms in total. The first-order valence-electron chi connectivity index (χ1n) is 5.45. The largest absolute Gasteiger partial charge is 0.307 e. The Balaban J connectivity index is 0.00000128. The van der Waals surface area contributed by atoms with Crippen LogP contribution < -0.4 is 5.32 Å². The second-order valence-corrected chi connectivity index (χ2v) is 4.54. The maximum Gasteiger partial charge on any atom is 0.136 e. The van der Waals surface area contributed by atoms with E-state index in [4.69, 9.17) is 0 Å². The first kappa shape index (κ1) is 13.2. The van der Waals surface area contributed by atoms with E-state index in [0.717, 1.165) is 6.54 Å². The Hall–Kier alpha value is -0.860. The second-order valence-electron chi connectivity index (χ2n) is 4.54. The fourth-order valence-electron chi connectivity index (χ4n) is 2.41. The van der Waals surface area contributed by atoms with E-state index in [1.807, 2.05) is 12.1 Å². The highest BCUT2D eigenvalue weighted by Gasteiger charge is 2.33. The summed E-state index contributed by atoms with van der Waals surface area (Å²) in [5.41, 5.74) is 2.33. The highest BCUT2D eigenvalue weighted by Crippen LogP contribution is 2.30. The predicted octanol–water partition coefficient (Wildman–Crippen LogP) is 2.58. The number of rotatable bonds is 1. The van der Waals surface area contributed by atoms with Crippen molar-refractivity contribution >= 4 is 18.2 Å². The van der Waals surface area contributed by atoms with Crippen molar-refractivity contribution in [2.24, 2.45) is 0 Å². The van der Waals surface area contributed by atoms with Crippen LogP contribution in [0.4, 0.5) is 0 Å². The lowest BCUT2D eigenvalue weighted by atomic mass is 9.81. The summed E-state index contributed by atoms with van der Waals surface area (Å²) in [4.78, 5) is 11.5. The van der Waals surface area contributed by atoms with Crippen LogP contribution in [0.3, 0.4) is 0 Å². The van der Waals surface area contributed by atoms with Gasteiger partial charge in [-0.05, 0) is 25.0 Å². The van der Waals surface area contributed by atoms with Gasteiger partial charge in [0.05, 0.1) is 0 Å². The van der Waals surface area contributed by atoms with Crippen LogP contribution in [0.15, 0.2) is 24.3 Å². The second kappa shape index (κ2) is 4.98. The fourth-order valence-corrected chi connectivity index (χ4v) is 2.41. The van der Waals surface area contributed by atoms with Gasteiger partial charge in [-0.3, -0.25) is 4.79 Å². The molecule has 1 aromatic carbocycles. The Kier molecular flexibility index (Phi) is 4.11. The Morgan fingerprint density at radius 3 is 2.62 bits per heavy atom. The number of carbonyl (C=O) groups is 1. The molecule has 1 aromatic rings. The standard InChI is InChI=1S/C13H17NO.ClH/c1-10-5-3-4-6-12(10)13(2)9-11(15)7-8-14-13;/h3-6,14H,7-9H2,1-2H3;1H. The van der Waals surface area contributed by atoms with Crippen LogP contribution in [-0.2, 0) is 10.3 Å². The molecule has 16 heavy (non-hydrogen) atoms. The van der Waals surface area contributed by atoms with Gasteiger partial charge >= 0.3 is 0 Å². The quantitative estimate of drug-likeness (QED) is 0.816. The van der Waals surface area contributed by atoms with Gasteiger partial charge in [-0.2, -0.15) is 0 Å². The summed E-state index contributed by atoms with van der Waals surface area (Å²) in [5, 5.41) is 3.46. The van der Waals surface area contributed by atoms with Crippen molar-refractivity contribution in [3.63, 3.8) is 0 Å². The van der Waals surface area contributed by atoms with Gasteiger partial charge in [0.15, 0.2) is 0 Å². The molecule has 0 aliphatic carbocycles. The van der Waals surface area contributed by atoms with Crippen LogP contribution in [0.1, 0.15) is 30.9 Å². The van der Waals surface area contributed by atoms with Crippen LogP contribution in [0.5, 0.6) is 0 Å². The lowest BCUT2D eigenvalue weighted by Gasteiger charge is -2.35. The summed E-state index contributed by atoms with van der Waals surface area (Å²) in [6, 6.07) is 8.28. The van der Waals surface area contributed by atoms with Gasteiger partial charge < -0.3 is 5.32 Å². The predicted molar refractivity (Wildman–Crippen MR) is 68.0 cm³/mol. The molecule has 0 spiro atoms. The van der Waals surface area contributed by atoms with E-state index in [1.165, 1.54) is 11.1 Å². The van der Waals surface area contributed by atoms with E-state index < -0.39 is 0 Å². The normalized spacial score (nSPS) is 25.0. The molecule has 88 valence electrons. The third-order valence-corrected chi connectivity index (χ3v) is 3.21. The molecule has 0 saturated carbocycles. The van der Waals surface area contributed by atoms with E-state index in [9.17, 15) is 4.79 Å². The molecule has 0 amide bonds. The number of piperidine rings is 1. The van der Waals surface area contributed by atoms with E-state index in [-0.39, 0.29) is 17.9 Å². The van der Waals surface area contributed by atoms with Crippen LogP contribution in [0.25, 0.3) is 0 Å². The third-order valence-electron chi connectivity index (χ3n) is 3.21. The monoisotopic (exact) mass is 239 g/mol. The number of hydrogen-bond donors (Lipinski definition) is 1. The number of hydrogen-bond acceptors (Lipinski definition) is 2. The van der Waals surface area contributed by atoms with Crippen molar-refractivity contribution in [2.75, 3.05) is 6.54 Å². The molecule has 1 fully saturated rings. The van der Waals surface area contributed by atoms with E-state index >= 15 is 0 Å². The molecule has 1 heterocycles. The average molecular weight is 240 g/mol. The van der Waals surface area contributed by atoms with Gasteiger partial charge in [0.1, 0.15) is 5.78 Å². The molecule has 1 unspecified atom stereocenters. The van der Waals surface area contributed by atoms with Crippen LogP contribution in [0.2, 0.25) is 0 Å². The maximum absolute atomic E-state index is 11.5. The summed E-state index contributed by atoms with van der Waals surface area (Å²) >= 11 is 0. The number of benzene rings is 1. The zero-order valence-electron chi connectivity index (χ0n) is 9.75. The van der Waals surface area contributed by atoms with Crippen molar-refractivity contribution in [1.82, 2.24) is 5.32 Å². The molecule has 0 bridgehead atoms. The summed E-state index contributed by atoms with van der Waals surface area (Å²) < 4.78 is 0.